The molecular weight excluding hydrogens is 481 g/mol. The molecule has 0 N–H and O–H groups in total. The van der Waals surface area contributed by atoms with Crippen molar-refractivity contribution in [3.05, 3.63) is 41.6 Å². The molecule has 1 aromatic heterocycles. The van der Waals surface area contributed by atoms with Gasteiger partial charge in [0.1, 0.15) is 5.75 Å². The molecule has 0 aliphatic carbocycles. The number of aromatic nitrogens is 1. The van der Waals surface area contributed by atoms with E-state index in [4.69, 9.17) is 16.3 Å². The van der Waals surface area contributed by atoms with Crippen LogP contribution in [0.2, 0.25) is 0 Å². The average molecular weight is 490 g/mol. The summed E-state index contributed by atoms with van der Waals surface area (Å²) in [5.74, 6) is 1.26. The quantitative estimate of drug-likeness (QED) is 0.495. The molecular formula is C12H9Br3ClNOS. The normalized spacial score (nSPS) is 10.7. The van der Waals surface area contributed by atoms with E-state index in [2.05, 4.69) is 52.8 Å². The molecule has 0 unspecified atom stereocenters. The maximum atomic E-state index is 5.79. The summed E-state index contributed by atoms with van der Waals surface area (Å²) in [7, 11) is 0. The Hall–Kier alpha value is 0.380. The second-order valence-electron chi connectivity index (χ2n) is 3.66. The Balaban J connectivity index is 1.96. The van der Waals surface area contributed by atoms with Gasteiger partial charge in [0.15, 0.2) is 0 Å². The molecule has 2 rings (SSSR count). The number of halogens is 4. The largest absolute Gasteiger partial charge is 0.491 e. The van der Waals surface area contributed by atoms with Gasteiger partial charge in [-0.15, -0.1) is 22.9 Å². The molecule has 0 radical (unpaired) electrons. The molecule has 0 atom stereocenters. The van der Waals surface area contributed by atoms with Crippen LogP contribution in [-0.2, 0) is 12.3 Å². The molecule has 0 saturated carbocycles. The molecule has 0 aliphatic rings. The van der Waals surface area contributed by atoms with Crippen LogP contribution in [0.25, 0.3) is 0 Å². The molecule has 102 valence electrons. The van der Waals surface area contributed by atoms with Crippen LogP contribution in [0.1, 0.15) is 10.7 Å². The summed E-state index contributed by atoms with van der Waals surface area (Å²) in [5, 5.41) is 3.02. The van der Waals surface area contributed by atoms with Crippen LogP contribution in [0.15, 0.2) is 30.9 Å². The Bertz CT molecular complexity index is 553. The minimum atomic E-state index is 0.459. The molecule has 2 aromatic rings. The zero-order valence-electron chi connectivity index (χ0n) is 9.63. The highest BCUT2D eigenvalue weighted by atomic mass is 79.9. The van der Waals surface area contributed by atoms with Gasteiger partial charge in [-0.05, 0) is 44.0 Å². The molecule has 7 heteroatoms. The van der Waals surface area contributed by atoms with Gasteiger partial charge in [0.05, 0.1) is 32.1 Å². The fourth-order valence-corrected chi connectivity index (χ4v) is 4.93. The van der Waals surface area contributed by atoms with Crippen molar-refractivity contribution in [1.29, 1.82) is 0 Å². The summed E-state index contributed by atoms with van der Waals surface area (Å²) in [5.41, 5.74) is 0.924. The minimum absolute atomic E-state index is 0.459. The van der Waals surface area contributed by atoms with E-state index in [1.54, 1.807) is 11.3 Å². The lowest BCUT2D eigenvalue weighted by molar-refractivity contribution is 0.317. The Labute approximate surface area is 145 Å². The first-order valence-corrected chi connectivity index (χ1v) is 9.16. The molecule has 2 nitrogen and oxygen atoms in total. The van der Waals surface area contributed by atoms with E-state index in [0.717, 1.165) is 36.3 Å². The van der Waals surface area contributed by atoms with Crippen LogP contribution >= 0.6 is 70.7 Å². The van der Waals surface area contributed by atoms with E-state index in [0.29, 0.717) is 12.5 Å². The number of hydrogen-bond donors (Lipinski definition) is 0. The number of alkyl halides is 1. The molecule has 19 heavy (non-hydrogen) atoms. The predicted octanol–water partition coefficient (Wildman–Crippen LogP) is 5.79. The first kappa shape index (κ1) is 15.8. The third-order valence-corrected chi connectivity index (χ3v) is 5.13. The van der Waals surface area contributed by atoms with Gasteiger partial charge in [-0.25, -0.2) is 4.98 Å². The van der Waals surface area contributed by atoms with E-state index in [-0.39, 0.29) is 0 Å². The van der Waals surface area contributed by atoms with Crippen molar-refractivity contribution in [2.24, 2.45) is 0 Å². The van der Waals surface area contributed by atoms with Crippen molar-refractivity contribution < 1.29 is 4.74 Å². The van der Waals surface area contributed by atoms with E-state index >= 15 is 0 Å². The zero-order chi connectivity index (χ0) is 13.8. The maximum Gasteiger partial charge on any atom is 0.147 e. The second-order valence-corrected chi connectivity index (χ2v) is 7.50. The molecule has 1 aromatic carbocycles. The lowest BCUT2D eigenvalue weighted by atomic mass is 10.3. The van der Waals surface area contributed by atoms with Gasteiger partial charge in [-0.1, -0.05) is 15.9 Å². The van der Waals surface area contributed by atoms with Crippen LogP contribution in [0.3, 0.4) is 0 Å². The third kappa shape index (κ3) is 4.43. The summed E-state index contributed by atoms with van der Waals surface area (Å²) in [6.45, 7) is 0.577. The van der Waals surface area contributed by atoms with Gasteiger partial charge < -0.3 is 4.74 Å². The highest BCUT2D eigenvalue weighted by molar-refractivity contribution is 9.11. The van der Waals surface area contributed by atoms with Gasteiger partial charge in [-0.2, -0.15) is 0 Å². The van der Waals surface area contributed by atoms with Gasteiger partial charge in [0.25, 0.3) is 0 Å². The zero-order valence-corrected chi connectivity index (χ0v) is 16.0. The fraction of sp³-hybridized carbons (Fsp3) is 0.250. The molecule has 0 bridgehead atoms. The van der Waals surface area contributed by atoms with E-state index < -0.39 is 0 Å². The SMILES string of the molecule is ClCc1csc(CCOc2c(Br)cc(Br)cc2Br)n1. The molecule has 1 heterocycles. The minimum Gasteiger partial charge on any atom is -0.491 e. The Morgan fingerprint density at radius 1 is 1.21 bits per heavy atom. The summed E-state index contributed by atoms with van der Waals surface area (Å²) in [6, 6.07) is 3.91. The summed E-state index contributed by atoms with van der Waals surface area (Å²) >= 11 is 17.7. The first-order chi connectivity index (χ1) is 9.10. The van der Waals surface area contributed by atoms with Crippen LogP contribution in [0, 0.1) is 0 Å². The van der Waals surface area contributed by atoms with Crippen LogP contribution in [0.4, 0.5) is 0 Å². The number of benzene rings is 1. The third-order valence-electron chi connectivity index (χ3n) is 2.26. The van der Waals surface area contributed by atoms with E-state index in [1.165, 1.54) is 0 Å². The molecule has 0 fully saturated rings. The monoisotopic (exact) mass is 487 g/mol. The van der Waals surface area contributed by atoms with Crippen molar-refractivity contribution in [2.45, 2.75) is 12.3 Å². The highest BCUT2D eigenvalue weighted by Crippen LogP contribution is 2.36. The van der Waals surface area contributed by atoms with Crippen molar-refractivity contribution >= 4 is 70.7 Å². The van der Waals surface area contributed by atoms with Crippen molar-refractivity contribution in [3.8, 4) is 5.75 Å². The van der Waals surface area contributed by atoms with Crippen LogP contribution in [-0.4, -0.2) is 11.6 Å². The fourth-order valence-electron chi connectivity index (χ4n) is 1.43. The summed E-state index contributed by atoms with van der Waals surface area (Å²) < 4.78 is 8.60. The summed E-state index contributed by atoms with van der Waals surface area (Å²) in [4.78, 5) is 4.39. The number of nitrogens with zero attached hydrogens (tertiary/aromatic N) is 1. The molecule has 0 spiro atoms. The Kier molecular flexibility index (Phi) is 6.14. The number of hydrogen-bond acceptors (Lipinski definition) is 3. The number of rotatable bonds is 5. The van der Waals surface area contributed by atoms with Crippen LogP contribution in [0.5, 0.6) is 5.75 Å². The highest BCUT2D eigenvalue weighted by Gasteiger charge is 2.09. The Morgan fingerprint density at radius 3 is 2.47 bits per heavy atom. The lowest BCUT2D eigenvalue weighted by Crippen LogP contribution is -2.02. The van der Waals surface area contributed by atoms with Crippen molar-refractivity contribution in [2.75, 3.05) is 6.61 Å². The molecule has 0 amide bonds. The standard InChI is InChI=1S/C12H9Br3ClNOS/c13-7-3-9(14)12(10(15)4-7)18-2-1-11-17-8(5-16)6-19-11/h3-4,6H,1-2,5H2. The molecule has 0 saturated heterocycles. The van der Waals surface area contributed by atoms with Gasteiger partial charge in [0.2, 0.25) is 0 Å². The maximum absolute atomic E-state index is 5.79. The smallest absolute Gasteiger partial charge is 0.147 e. The average Bonchev–Trinajstić information content (AvgIpc) is 2.80. The van der Waals surface area contributed by atoms with Crippen molar-refractivity contribution in [1.82, 2.24) is 4.98 Å². The Morgan fingerprint density at radius 2 is 1.89 bits per heavy atom. The van der Waals surface area contributed by atoms with E-state index in [9.17, 15) is 0 Å². The first-order valence-electron chi connectivity index (χ1n) is 5.36. The number of ether oxygens (including phenoxy) is 1. The van der Waals surface area contributed by atoms with Gasteiger partial charge in [-0.3, -0.25) is 0 Å². The lowest BCUT2D eigenvalue weighted by Gasteiger charge is -2.10. The van der Waals surface area contributed by atoms with Crippen LogP contribution < -0.4 is 4.74 Å². The number of thiazole rings is 1. The topological polar surface area (TPSA) is 22.1 Å². The van der Waals surface area contributed by atoms with Gasteiger partial charge in [0, 0.05) is 16.3 Å². The summed E-state index contributed by atoms with van der Waals surface area (Å²) in [6.07, 6.45) is 0.774. The second kappa shape index (κ2) is 7.41. The van der Waals surface area contributed by atoms with Gasteiger partial charge >= 0.3 is 0 Å². The van der Waals surface area contributed by atoms with Crippen molar-refractivity contribution in [3.63, 3.8) is 0 Å². The molecule has 0 aliphatic heterocycles. The predicted molar refractivity (Wildman–Crippen MR) is 90.4 cm³/mol. The van der Waals surface area contributed by atoms with E-state index in [1.807, 2.05) is 17.5 Å².